The summed E-state index contributed by atoms with van der Waals surface area (Å²) in [5, 5.41) is 14.4. The predicted octanol–water partition coefficient (Wildman–Crippen LogP) is 2.74. The van der Waals surface area contributed by atoms with Gasteiger partial charge in [0.1, 0.15) is 5.41 Å². The molecule has 5 nitrogen and oxygen atoms in total. The average molecular weight is 277 g/mol. The van der Waals surface area contributed by atoms with Crippen molar-refractivity contribution < 1.29 is 10.0 Å². The van der Waals surface area contributed by atoms with Crippen LogP contribution in [0.3, 0.4) is 0 Å². The number of carbonyl (C=O) groups is 1. The zero-order valence-corrected chi connectivity index (χ0v) is 12.3. The van der Waals surface area contributed by atoms with Gasteiger partial charge in [0.15, 0.2) is 5.84 Å². The molecule has 1 amide bonds. The zero-order chi connectivity index (χ0) is 15.2. The SMILES string of the molecule is CCCCc1ccc(NC(=O)C(C)(C)C(N)=NO)cc1. The predicted molar refractivity (Wildman–Crippen MR) is 80.9 cm³/mol. The summed E-state index contributed by atoms with van der Waals surface area (Å²) in [6.07, 6.45) is 3.36. The van der Waals surface area contributed by atoms with Gasteiger partial charge in [-0.15, -0.1) is 0 Å². The fourth-order valence-corrected chi connectivity index (χ4v) is 1.66. The smallest absolute Gasteiger partial charge is 0.237 e. The molecule has 0 radical (unpaired) electrons. The first-order valence-corrected chi connectivity index (χ1v) is 6.80. The van der Waals surface area contributed by atoms with E-state index in [4.69, 9.17) is 10.9 Å². The number of aryl methyl sites for hydroxylation is 1. The second-order valence-electron chi connectivity index (χ2n) is 5.36. The van der Waals surface area contributed by atoms with Gasteiger partial charge in [-0.3, -0.25) is 4.79 Å². The third-order valence-electron chi connectivity index (χ3n) is 3.35. The van der Waals surface area contributed by atoms with Crippen molar-refractivity contribution in [3.8, 4) is 0 Å². The fraction of sp³-hybridized carbons (Fsp3) is 0.467. The third kappa shape index (κ3) is 3.98. The Kier molecular flexibility index (Phi) is 5.55. The minimum absolute atomic E-state index is 0.116. The van der Waals surface area contributed by atoms with Gasteiger partial charge in [0.25, 0.3) is 0 Å². The normalized spacial score (nSPS) is 12.2. The highest BCUT2D eigenvalue weighted by atomic mass is 16.4. The molecule has 0 aromatic heterocycles. The summed E-state index contributed by atoms with van der Waals surface area (Å²) >= 11 is 0. The number of amidine groups is 1. The van der Waals surface area contributed by atoms with Crippen molar-refractivity contribution in [2.24, 2.45) is 16.3 Å². The summed E-state index contributed by atoms with van der Waals surface area (Å²) < 4.78 is 0. The lowest BCUT2D eigenvalue weighted by Crippen LogP contribution is -2.42. The zero-order valence-electron chi connectivity index (χ0n) is 12.3. The highest BCUT2D eigenvalue weighted by Gasteiger charge is 2.32. The van der Waals surface area contributed by atoms with Crippen molar-refractivity contribution >= 4 is 17.4 Å². The number of benzene rings is 1. The minimum atomic E-state index is -1.06. The first kappa shape index (κ1) is 16.0. The van der Waals surface area contributed by atoms with E-state index in [2.05, 4.69) is 17.4 Å². The molecule has 0 saturated carbocycles. The Bertz CT molecular complexity index is 478. The molecule has 4 N–H and O–H groups in total. The Morgan fingerprint density at radius 2 is 1.95 bits per heavy atom. The fourth-order valence-electron chi connectivity index (χ4n) is 1.66. The molecule has 0 aliphatic carbocycles. The summed E-state index contributed by atoms with van der Waals surface area (Å²) in [6, 6.07) is 7.74. The van der Waals surface area contributed by atoms with Gasteiger partial charge in [-0.2, -0.15) is 0 Å². The summed E-state index contributed by atoms with van der Waals surface area (Å²) in [6.45, 7) is 5.36. The van der Waals surface area contributed by atoms with E-state index in [0.29, 0.717) is 5.69 Å². The van der Waals surface area contributed by atoms with Gasteiger partial charge < -0.3 is 16.3 Å². The van der Waals surface area contributed by atoms with Crippen LogP contribution in [0, 0.1) is 5.41 Å². The van der Waals surface area contributed by atoms with Crippen LogP contribution in [0.25, 0.3) is 0 Å². The topological polar surface area (TPSA) is 87.7 Å². The van der Waals surface area contributed by atoms with E-state index in [-0.39, 0.29) is 11.7 Å². The molecular formula is C15H23N3O2. The van der Waals surface area contributed by atoms with Crippen LogP contribution in [-0.2, 0) is 11.2 Å². The lowest BCUT2D eigenvalue weighted by atomic mass is 9.91. The maximum atomic E-state index is 12.1. The molecule has 0 bridgehead atoms. The van der Waals surface area contributed by atoms with Gasteiger partial charge in [-0.1, -0.05) is 30.6 Å². The van der Waals surface area contributed by atoms with Crippen molar-refractivity contribution in [2.75, 3.05) is 5.32 Å². The van der Waals surface area contributed by atoms with E-state index >= 15 is 0 Å². The van der Waals surface area contributed by atoms with Gasteiger partial charge in [0.2, 0.25) is 5.91 Å². The molecule has 1 aromatic rings. The molecule has 0 fully saturated rings. The molecule has 0 atom stereocenters. The van der Waals surface area contributed by atoms with Crippen LogP contribution in [0.2, 0.25) is 0 Å². The molecular weight excluding hydrogens is 254 g/mol. The van der Waals surface area contributed by atoms with E-state index in [0.717, 1.165) is 19.3 Å². The third-order valence-corrected chi connectivity index (χ3v) is 3.35. The van der Waals surface area contributed by atoms with Crippen LogP contribution in [0.5, 0.6) is 0 Å². The number of nitrogens with zero attached hydrogens (tertiary/aromatic N) is 1. The first-order valence-electron chi connectivity index (χ1n) is 6.80. The van der Waals surface area contributed by atoms with Gasteiger partial charge in [0, 0.05) is 5.69 Å². The highest BCUT2D eigenvalue weighted by Crippen LogP contribution is 2.19. The molecule has 0 heterocycles. The number of amides is 1. The number of hydrogen-bond donors (Lipinski definition) is 3. The number of oxime groups is 1. The van der Waals surface area contributed by atoms with Crippen molar-refractivity contribution in [3.63, 3.8) is 0 Å². The summed E-state index contributed by atoms with van der Waals surface area (Å²) in [7, 11) is 0. The van der Waals surface area contributed by atoms with E-state index in [1.54, 1.807) is 13.8 Å². The minimum Gasteiger partial charge on any atom is -0.409 e. The number of carbonyl (C=O) groups excluding carboxylic acids is 1. The standard InChI is InChI=1S/C15H23N3O2/c1-4-5-6-11-7-9-12(10-8-11)17-14(19)15(2,3)13(16)18-20/h7-10,20H,4-6H2,1-3H3,(H2,16,18)(H,17,19). The van der Waals surface area contributed by atoms with Gasteiger partial charge in [-0.05, 0) is 44.4 Å². The average Bonchev–Trinajstić information content (AvgIpc) is 2.45. The number of nitrogens with two attached hydrogens (primary N) is 1. The molecule has 20 heavy (non-hydrogen) atoms. The summed E-state index contributed by atoms with van der Waals surface area (Å²) in [5.74, 6) is -0.427. The van der Waals surface area contributed by atoms with Crippen LogP contribution < -0.4 is 11.1 Å². The quantitative estimate of drug-likeness (QED) is 0.323. The Balaban J connectivity index is 2.71. The maximum Gasteiger partial charge on any atom is 0.237 e. The lowest BCUT2D eigenvalue weighted by Gasteiger charge is -2.21. The number of anilines is 1. The van der Waals surface area contributed by atoms with Gasteiger partial charge in [-0.25, -0.2) is 0 Å². The molecule has 1 aromatic carbocycles. The molecule has 0 spiro atoms. The molecule has 110 valence electrons. The monoisotopic (exact) mass is 277 g/mol. The Morgan fingerprint density at radius 3 is 2.45 bits per heavy atom. The van der Waals surface area contributed by atoms with Crippen LogP contribution >= 0.6 is 0 Å². The molecule has 1 rings (SSSR count). The van der Waals surface area contributed by atoms with E-state index in [9.17, 15) is 4.79 Å². The number of hydrogen-bond acceptors (Lipinski definition) is 3. The Morgan fingerprint density at radius 1 is 1.35 bits per heavy atom. The summed E-state index contributed by atoms with van der Waals surface area (Å²) in [4.78, 5) is 12.1. The lowest BCUT2D eigenvalue weighted by molar-refractivity contribution is -0.121. The molecule has 0 aliphatic heterocycles. The number of nitrogens with one attached hydrogen (secondary N) is 1. The van der Waals surface area contributed by atoms with E-state index in [1.165, 1.54) is 5.56 Å². The maximum absolute atomic E-state index is 12.1. The second-order valence-corrected chi connectivity index (χ2v) is 5.36. The van der Waals surface area contributed by atoms with Crippen molar-refractivity contribution in [2.45, 2.75) is 40.0 Å². The molecule has 0 saturated heterocycles. The Hall–Kier alpha value is -2.04. The van der Waals surface area contributed by atoms with Crippen LogP contribution in [0.15, 0.2) is 29.4 Å². The highest BCUT2D eigenvalue weighted by molar-refractivity contribution is 6.11. The van der Waals surface area contributed by atoms with Crippen molar-refractivity contribution in [1.82, 2.24) is 0 Å². The first-order chi connectivity index (χ1) is 9.41. The largest absolute Gasteiger partial charge is 0.409 e. The van der Waals surface area contributed by atoms with Crippen LogP contribution in [0.1, 0.15) is 39.2 Å². The number of unbranched alkanes of at least 4 members (excludes halogenated alkanes) is 1. The van der Waals surface area contributed by atoms with Crippen molar-refractivity contribution in [3.05, 3.63) is 29.8 Å². The Labute approximate surface area is 119 Å². The summed E-state index contributed by atoms with van der Waals surface area (Å²) in [5.41, 5.74) is 6.42. The molecule has 0 aliphatic rings. The van der Waals surface area contributed by atoms with Crippen LogP contribution in [-0.4, -0.2) is 17.0 Å². The van der Waals surface area contributed by atoms with E-state index in [1.807, 2.05) is 24.3 Å². The number of rotatable bonds is 6. The van der Waals surface area contributed by atoms with Gasteiger partial charge in [0.05, 0.1) is 0 Å². The second kappa shape index (κ2) is 6.93. The molecule has 0 unspecified atom stereocenters. The van der Waals surface area contributed by atoms with Gasteiger partial charge >= 0.3 is 0 Å². The van der Waals surface area contributed by atoms with E-state index < -0.39 is 5.41 Å². The molecule has 5 heteroatoms. The van der Waals surface area contributed by atoms with Crippen LogP contribution in [0.4, 0.5) is 5.69 Å². The van der Waals surface area contributed by atoms with Crippen molar-refractivity contribution in [1.29, 1.82) is 0 Å².